The molecule has 142 valence electrons. The van der Waals surface area contributed by atoms with Crippen LogP contribution in [0.15, 0.2) is 18.2 Å². The van der Waals surface area contributed by atoms with E-state index in [9.17, 15) is 26.7 Å². The van der Waals surface area contributed by atoms with E-state index in [0.717, 1.165) is 22.7 Å². The SMILES string of the molecule is [C-]#[N+]c1cc2cc(C(C)(O)CCCC)n(S(C)(=O)=O)c2cc1C(F)(F)F. The average Bonchev–Trinajstić information content (AvgIpc) is 2.90. The number of hydrogen-bond donors (Lipinski definition) is 1. The highest BCUT2D eigenvalue weighted by Gasteiger charge is 2.36. The Morgan fingerprint density at radius 1 is 1.27 bits per heavy atom. The van der Waals surface area contributed by atoms with Crippen LogP contribution < -0.4 is 0 Å². The molecule has 0 spiro atoms. The van der Waals surface area contributed by atoms with Crippen molar-refractivity contribution in [3.63, 3.8) is 0 Å². The van der Waals surface area contributed by atoms with Crippen LogP contribution in [0, 0.1) is 6.57 Å². The molecule has 1 heterocycles. The molecule has 0 saturated heterocycles. The van der Waals surface area contributed by atoms with Gasteiger partial charge in [-0.25, -0.2) is 17.2 Å². The van der Waals surface area contributed by atoms with Gasteiger partial charge in [0.05, 0.1) is 29.6 Å². The first kappa shape index (κ1) is 20.3. The summed E-state index contributed by atoms with van der Waals surface area (Å²) in [5.74, 6) is 0. The molecule has 0 saturated carbocycles. The molecule has 1 aromatic carbocycles. The molecular formula is C17H19F3N2O3S. The molecule has 0 aliphatic carbocycles. The second-order valence-electron chi connectivity index (χ2n) is 6.47. The smallest absolute Gasteiger partial charge is 0.384 e. The van der Waals surface area contributed by atoms with Crippen molar-refractivity contribution in [1.29, 1.82) is 0 Å². The van der Waals surface area contributed by atoms with Crippen LogP contribution in [-0.2, 0) is 21.8 Å². The highest BCUT2D eigenvalue weighted by Crippen LogP contribution is 2.41. The Balaban J connectivity index is 2.91. The van der Waals surface area contributed by atoms with Gasteiger partial charge in [-0.05, 0) is 36.9 Å². The number of alkyl halides is 3. The van der Waals surface area contributed by atoms with Crippen LogP contribution in [-0.4, -0.2) is 23.8 Å². The van der Waals surface area contributed by atoms with Gasteiger partial charge in [0.25, 0.3) is 0 Å². The van der Waals surface area contributed by atoms with Gasteiger partial charge in [-0.2, -0.15) is 13.2 Å². The lowest BCUT2D eigenvalue weighted by Crippen LogP contribution is -2.27. The molecule has 1 atom stereocenters. The van der Waals surface area contributed by atoms with Crippen LogP contribution in [0.1, 0.15) is 44.4 Å². The normalized spacial score (nSPS) is 15.0. The Hall–Kier alpha value is -2.05. The maximum absolute atomic E-state index is 13.2. The number of fused-ring (bicyclic) bond motifs is 1. The number of benzene rings is 1. The maximum Gasteiger partial charge on any atom is 0.407 e. The molecule has 2 aromatic rings. The van der Waals surface area contributed by atoms with Gasteiger partial charge >= 0.3 is 6.18 Å². The molecule has 0 aliphatic rings. The lowest BCUT2D eigenvalue weighted by molar-refractivity contribution is -0.136. The van der Waals surface area contributed by atoms with Gasteiger partial charge in [-0.3, -0.25) is 0 Å². The first-order chi connectivity index (χ1) is 11.8. The van der Waals surface area contributed by atoms with Gasteiger partial charge in [0.2, 0.25) is 10.0 Å². The number of aliphatic hydroxyl groups is 1. The molecule has 0 aliphatic heterocycles. The molecule has 1 aromatic heterocycles. The summed E-state index contributed by atoms with van der Waals surface area (Å²) in [5.41, 5.74) is -3.59. The van der Waals surface area contributed by atoms with E-state index in [0.29, 0.717) is 12.5 Å². The Morgan fingerprint density at radius 2 is 1.88 bits per heavy atom. The summed E-state index contributed by atoms with van der Waals surface area (Å²) in [6.45, 7) is 10.3. The molecule has 1 N–H and O–H groups in total. The molecule has 9 heteroatoms. The molecule has 0 fully saturated rings. The molecule has 0 radical (unpaired) electrons. The zero-order chi connectivity index (χ0) is 19.9. The Labute approximate surface area is 149 Å². The lowest BCUT2D eigenvalue weighted by atomic mass is 9.95. The fourth-order valence-corrected chi connectivity index (χ4v) is 4.04. The third-order valence-electron chi connectivity index (χ3n) is 4.20. The minimum absolute atomic E-state index is 0.0151. The van der Waals surface area contributed by atoms with Crippen molar-refractivity contribution in [2.75, 3.05) is 6.26 Å². The number of halogens is 3. The first-order valence-electron chi connectivity index (χ1n) is 7.90. The summed E-state index contributed by atoms with van der Waals surface area (Å²) in [7, 11) is -3.99. The van der Waals surface area contributed by atoms with E-state index in [1.165, 1.54) is 13.0 Å². The molecule has 26 heavy (non-hydrogen) atoms. The molecule has 2 rings (SSSR count). The first-order valence-corrected chi connectivity index (χ1v) is 9.75. The van der Waals surface area contributed by atoms with Gasteiger partial charge in [-0.1, -0.05) is 19.8 Å². The van der Waals surface area contributed by atoms with Crippen LogP contribution in [0.3, 0.4) is 0 Å². The zero-order valence-electron chi connectivity index (χ0n) is 14.6. The second-order valence-corrected chi connectivity index (χ2v) is 8.30. The minimum atomic E-state index is -4.80. The number of aromatic nitrogens is 1. The summed E-state index contributed by atoms with van der Waals surface area (Å²) in [4.78, 5) is 2.91. The summed E-state index contributed by atoms with van der Waals surface area (Å²) in [6.07, 6.45) is -2.32. The van der Waals surface area contributed by atoms with E-state index in [1.807, 2.05) is 6.92 Å². The van der Waals surface area contributed by atoms with Crippen LogP contribution in [0.4, 0.5) is 18.9 Å². The van der Waals surface area contributed by atoms with Crippen molar-refractivity contribution in [3.05, 3.63) is 40.9 Å². The van der Waals surface area contributed by atoms with E-state index >= 15 is 0 Å². The molecule has 5 nitrogen and oxygen atoms in total. The van der Waals surface area contributed by atoms with Crippen LogP contribution in [0.25, 0.3) is 15.7 Å². The quantitative estimate of drug-likeness (QED) is 0.772. The molecular weight excluding hydrogens is 369 g/mol. The number of hydrogen-bond acceptors (Lipinski definition) is 3. The zero-order valence-corrected chi connectivity index (χ0v) is 15.4. The van der Waals surface area contributed by atoms with Gasteiger partial charge in [0.1, 0.15) is 5.60 Å². The second kappa shape index (κ2) is 6.59. The standard InChI is InChI=1S/C17H19F3N2O3S/c1-5-6-7-16(2,23)15-9-11-8-13(21-3)12(17(18,19)20)10-14(11)22(15)26(4,24)25/h8-10,23H,5-7H2,1-2,4H3. The van der Waals surface area contributed by atoms with E-state index in [2.05, 4.69) is 4.85 Å². The molecule has 0 bridgehead atoms. The van der Waals surface area contributed by atoms with Crippen LogP contribution in [0.5, 0.6) is 0 Å². The molecule has 0 amide bonds. The van der Waals surface area contributed by atoms with Gasteiger partial charge in [0.15, 0.2) is 5.69 Å². The van der Waals surface area contributed by atoms with Crippen molar-refractivity contribution < 1.29 is 26.7 Å². The van der Waals surface area contributed by atoms with Crippen molar-refractivity contribution in [1.82, 2.24) is 3.97 Å². The van der Waals surface area contributed by atoms with Gasteiger partial charge in [0, 0.05) is 0 Å². The lowest BCUT2D eigenvalue weighted by Gasteiger charge is -2.24. The maximum atomic E-state index is 13.2. The largest absolute Gasteiger partial charge is 0.407 e. The summed E-state index contributed by atoms with van der Waals surface area (Å²) in [5, 5.41) is 10.9. The predicted octanol–water partition coefficient (Wildman–Crippen LogP) is 4.42. The number of unbranched alkanes of at least 4 members (excludes halogenated alkanes) is 1. The fourth-order valence-electron chi connectivity index (χ4n) is 2.92. The van der Waals surface area contributed by atoms with Crippen molar-refractivity contribution >= 4 is 26.6 Å². The minimum Gasteiger partial charge on any atom is -0.384 e. The Kier molecular flexibility index (Phi) is 5.14. The fraction of sp³-hybridized carbons (Fsp3) is 0.471. The van der Waals surface area contributed by atoms with Crippen LogP contribution in [0.2, 0.25) is 0 Å². The monoisotopic (exact) mass is 388 g/mol. The third kappa shape index (κ3) is 3.71. The summed E-state index contributed by atoms with van der Waals surface area (Å²) < 4.78 is 65.0. The highest BCUT2D eigenvalue weighted by atomic mass is 32.2. The van der Waals surface area contributed by atoms with E-state index in [-0.39, 0.29) is 23.0 Å². The van der Waals surface area contributed by atoms with Crippen molar-refractivity contribution in [2.24, 2.45) is 0 Å². The Morgan fingerprint density at radius 3 is 2.35 bits per heavy atom. The Bertz CT molecular complexity index is 983. The molecule has 1 unspecified atom stereocenters. The summed E-state index contributed by atoms with van der Waals surface area (Å²) >= 11 is 0. The topological polar surface area (TPSA) is 63.7 Å². The predicted molar refractivity (Wildman–Crippen MR) is 92.5 cm³/mol. The third-order valence-corrected chi connectivity index (χ3v) is 5.26. The van der Waals surface area contributed by atoms with Gasteiger partial charge < -0.3 is 5.11 Å². The van der Waals surface area contributed by atoms with Gasteiger partial charge in [-0.15, -0.1) is 0 Å². The van der Waals surface area contributed by atoms with Crippen molar-refractivity contribution in [3.8, 4) is 0 Å². The summed E-state index contributed by atoms with van der Waals surface area (Å²) in [6, 6.07) is 3.00. The average molecular weight is 388 g/mol. The highest BCUT2D eigenvalue weighted by molar-refractivity contribution is 7.89. The number of nitrogens with zero attached hydrogens (tertiary/aromatic N) is 2. The van der Waals surface area contributed by atoms with Crippen LogP contribution >= 0.6 is 0 Å². The van der Waals surface area contributed by atoms with E-state index in [4.69, 9.17) is 6.57 Å². The van der Waals surface area contributed by atoms with Crippen molar-refractivity contribution in [2.45, 2.75) is 44.9 Å². The van der Waals surface area contributed by atoms with E-state index < -0.39 is 33.1 Å². The van der Waals surface area contributed by atoms with E-state index in [1.54, 1.807) is 0 Å². The number of rotatable bonds is 5.